The summed E-state index contributed by atoms with van der Waals surface area (Å²) in [6.45, 7) is -0.000579. The van der Waals surface area contributed by atoms with E-state index in [-0.39, 0.29) is 13.0 Å². The van der Waals surface area contributed by atoms with Gasteiger partial charge in [0.25, 0.3) is 0 Å². The van der Waals surface area contributed by atoms with Gasteiger partial charge in [0.1, 0.15) is 0 Å². The highest BCUT2D eigenvalue weighted by Crippen LogP contribution is 2.37. The van der Waals surface area contributed by atoms with E-state index in [1.807, 2.05) is 0 Å². The fourth-order valence-corrected chi connectivity index (χ4v) is 3.19. The average Bonchev–Trinajstić information content (AvgIpc) is 2.46. The molecular formula is C15H14Cl2F3N3S. The summed E-state index contributed by atoms with van der Waals surface area (Å²) < 4.78 is 41.2. The van der Waals surface area contributed by atoms with Crippen molar-refractivity contribution in [3.05, 3.63) is 58.2 Å². The Balaban J connectivity index is 2.30. The largest absolute Gasteiger partial charge is 0.434 e. The van der Waals surface area contributed by atoms with Crippen LogP contribution in [-0.2, 0) is 6.42 Å². The fraction of sp³-hybridized carbons (Fsp3) is 0.267. The van der Waals surface area contributed by atoms with Crippen molar-refractivity contribution in [2.24, 2.45) is 5.73 Å². The lowest BCUT2D eigenvalue weighted by Crippen LogP contribution is -2.68. The molecule has 1 atom stereocenters. The number of benzene rings is 1. The first kappa shape index (κ1) is 18.9. The monoisotopic (exact) mass is 395 g/mol. The standard InChI is InChI=1S/C15H14Cl2F3N3S/c16-11-4-3-5-12(17)10(11)6-9-23-8-2-1-7-14(23,15(18,19)20)22-13(21)24/h1-5,7-8H,6,9H2,(H3,21,22,24). The molecule has 1 aliphatic heterocycles. The number of allylic oxidation sites excluding steroid dienone is 2. The average molecular weight is 396 g/mol. The summed E-state index contributed by atoms with van der Waals surface area (Å²) in [6.07, 6.45) is 0.649. The van der Waals surface area contributed by atoms with Crippen LogP contribution in [0.1, 0.15) is 5.56 Å². The first-order chi connectivity index (χ1) is 11.2. The van der Waals surface area contributed by atoms with Crippen LogP contribution in [0.5, 0.6) is 0 Å². The third-order valence-electron chi connectivity index (χ3n) is 3.58. The number of alkyl halides is 3. The number of halogens is 5. The van der Waals surface area contributed by atoms with Crippen molar-refractivity contribution < 1.29 is 13.2 Å². The minimum atomic E-state index is -4.65. The highest BCUT2D eigenvalue weighted by atomic mass is 35.5. The highest BCUT2D eigenvalue weighted by Gasteiger charge is 2.57. The molecule has 3 N–H and O–H groups in total. The molecule has 0 spiro atoms. The van der Waals surface area contributed by atoms with E-state index in [4.69, 9.17) is 28.9 Å². The van der Waals surface area contributed by atoms with E-state index in [0.717, 1.165) is 11.0 Å². The molecule has 24 heavy (non-hydrogen) atoms. The minimum Gasteiger partial charge on any atom is -0.376 e. The zero-order valence-corrected chi connectivity index (χ0v) is 14.6. The van der Waals surface area contributed by atoms with Crippen LogP contribution in [0.25, 0.3) is 0 Å². The van der Waals surface area contributed by atoms with E-state index in [9.17, 15) is 13.2 Å². The molecule has 0 saturated heterocycles. The van der Waals surface area contributed by atoms with E-state index in [0.29, 0.717) is 15.6 Å². The van der Waals surface area contributed by atoms with Gasteiger partial charge in [-0.15, -0.1) is 0 Å². The van der Waals surface area contributed by atoms with Crippen molar-refractivity contribution >= 4 is 40.5 Å². The van der Waals surface area contributed by atoms with E-state index in [1.54, 1.807) is 18.2 Å². The predicted octanol–water partition coefficient (Wildman–Crippen LogP) is 4.01. The van der Waals surface area contributed by atoms with E-state index in [2.05, 4.69) is 17.5 Å². The zero-order chi connectivity index (χ0) is 18.0. The Hall–Kier alpha value is -1.44. The lowest BCUT2D eigenvalue weighted by atomic mass is 10.0. The van der Waals surface area contributed by atoms with Gasteiger partial charge in [-0.2, -0.15) is 13.2 Å². The Morgan fingerprint density at radius 2 is 1.88 bits per heavy atom. The number of nitrogens with zero attached hydrogens (tertiary/aromatic N) is 1. The number of hydrogen-bond donors (Lipinski definition) is 2. The van der Waals surface area contributed by atoms with Crippen molar-refractivity contribution in [3.63, 3.8) is 0 Å². The molecule has 1 aromatic carbocycles. The first-order valence-corrected chi connectivity index (χ1v) is 8.04. The SMILES string of the molecule is NC(=S)NC1(C(F)(F)F)C=CC=CN1CCc1c(Cl)cccc1Cl. The Morgan fingerprint density at radius 3 is 2.42 bits per heavy atom. The van der Waals surface area contributed by atoms with E-state index in [1.165, 1.54) is 18.4 Å². The van der Waals surface area contributed by atoms with E-state index >= 15 is 0 Å². The molecule has 1 heterocycles. The summed E-state index contributed by atoms with van der Waals surface area (Å²) in [5.74, 6) is 0. The second-order valence-electron chi connectivity index (χ2n) is 5.10. The van der Waals surface area contributed by atoms with Crippen molar-refractivity contribution in [2.75, 3.05) is 6.54 Å². The summed E-state index contributed by atoms with van der Waals surface area (Å²) in [5, 5.41) is 2.51. The van der Waals surface area contributed by atoms with Gasteiger partial charge in [0.2, 0.25) is 5.66 Å². The van der Waals surface area contributed by atoms with Gasteiger partial charge < -0.3 is 16.0 Å². The number of nitrogens with one attached hydrogen (secondary N) is 1. The molecular weight excluding hydrogens is 382 g/mol. The number of rotatable bonds is 4. The normalized spacial score (nSPS) is 20.3. The van der Waals surface area contributed by atoms with Crippen molar-refractivity contribution in [1.82, 2.24) is 10.2 Å². The maximum atomic E-state index is 13.7. The lowest BCUT2D eigenvalue weighted by molar-refractivity contribution is -0.213. The molecule has 3 nitrogen and oxygen atoms in total. The maximum absolute atomic E-state index is 13.7. The summed E-state index contributed by atoms with van der Waals surface area (Å²) >= 11 is 16.8. The van der Waals surface area contributed by atoms with Gasteiger partial charge >= 0.3 is 6.18 Å². The number of nitrogens with two attached hydrogens (primary N) is 1. The predicted molar refractivity (Wildman–Crippen MR) is 93.9 cm³/mol. The van der Waals surface area contributed by atoms with Crippen LogP contribution in [-0.4, -0.2) is 28.4 Å². The Kier molecular flexibility index (Phi) is 5.67. The summed E-state index contributed by atoms with van der Waals surface area (Å²) in [7, 11) is 0. The van der Waals surface area contributed by atoms with Crippen molar-refractivity contribution in [1.29, 1.82) is 0 Å². The summed E-state index contributed by atoms with van der Waals surface area (Å²) in [5.41, 5.74) is 3.38. The van der Waals surface area contributed by atoms with Crippen LogP contribution in [0.3, 0.4) is 0 Å². The fourth-order valence-electron chi connectivity index (χ4n) is 2.45. The van der Waals surface area contributed by atoms with Crippen molar-refractivity contribution in [3.8, 4) is 0 Å². The number of thiocarbonyl (C=S) groups is 1. The van der Waals surface area contributed by atoms with Crippen LogP contribution in [0, 0.1) is 0 Å². The molecule has 0 aromatic heterocycles. The van der Waals surface area contributed by atoms with Gasteiger partial charge in [0, 0.05) is 22.8 Å². The summed E-state index contributed by atoms with van der Waals surface area (Å²) in [4.78, 5) is 1.08. The molecule has 0 radical (unpaired) electrons. The molecule has 0 aliphatic carbocycles. The van der Waals surface area contributed by atoms with Crippen LogP contribution in [0.2, 0.25) is 10.0 Å². The minimum absolute atomic E-state index is 0.000579. The van der Waals surface area contributed by atoms with Crippen LogP contribution in [0.4, 0.5) is 13.2 Å². The quantitative estimate of drug-likeness (QED) is 0.755. The second-order valence-corrected chi connectivity index (χ2v) is 6.35. The Labute approximate surface area is 152 Å². The highest BCUT2D eigenvalue weighted by molar-refractivity contribution is 7.80. The summed E-state index contributed by atoms with van der Waals surface area (Å²) in [6, 6.07) is 4.95. The van der Waals surface area contributed by atoms with Gasteiger partial charge in [-0.25, -0.2) is 0 Å². The molecule has 2 rings (SSSR count). The van der Waals surface area contributed by atoms with Gasteiger partial charge in [0.05, 0.1) is 0 Å². The molecule has 0 bridgehead atoms. The lowest BCUT2D eigenvalue weighted by Gasteiger charge is -2.44. The van der Waals surface area contributed by atoms with Gasteiger partial charge in [0.15, 0.2) is 5.11 Å². The van der Waals surface area contributed by atoms with Crippen LogP contribution < -0.4 is 11.1 Å². The van der Waals surface area contributed by atoms with E-state index < -0.39 is 17.0 Å². The molecule has 9 heteroatoms. The van der Waals surface area contributed by atoms with Gasteiger partial charge in [-0.3, -0.25) is 0 Å². The third-order valence-corrected chi connectivity index (χ3v) is 4.39. The maximum Gasteiger partial charge on any atom is 0.434 e. The zero-order valence-electron chi connectivity index (χ0n) is 12.3. The molecule has 1 aromatic rings. The topological polar surface area (TPSA) is 41.3 Å². The Bertz CT molecular complexity index is 671. The number of hydrogen-bond acceptors (Lipinski definition) is 2. The first-order valence-electron chi connectivity index (χ1n) is 6.87. The van der Waals surface area contributed by atoms with Crippen LogP contribution >= 0.6 is 35.4 Å². The molecule has 1 unspecified atom stereocenters. The van der Waals surface area contributed by atoms with Gasteiger partial charge in [-0.1, -0.05) is 35.3 Å². The van der Waals surface area contributed by atoms with Gasteiger partial charge in [-0.05, 0) is 48.5 Å². The second kappa shape index (κ2) is 7.21. The molecule has 0 amide bonds. The molecule has 130 valence electrons. The molecule has 1 aliphatic rings. The molecule has 0 saturated carbocycles. The Morgan fingerprint density at radius 1 is 1.25 bits per heavy atom. The van der Waals surface area contributed by atoms with Crippen LogP contribution in [0.15, 0.2) is 42.6 Å². The third kappa shape index (κ3) is 3.79. The molecule has 0 fully saturated rings. The van der Waals surface area contributed by atoms with Crippen molar-refractivity contribution in [2.45, 2.75) is 18.3 Å². The smallest absolute Gasteiger partial charge is 0.376 e.